The molecule has 1 aromatic heterocycles. The molecule has 0 bridgehead atoms. The lowest BCUT2D eigenvalue weighted by atomic mass is 9.94. The number of aryl methyl sites for hydroxylation is 1. The Morgan fingerprint density at radius 3 is 2.55 bits per heavy atom. The van der Waals surface area contributed by atoms with Gasteiger partial charge in [0.2, 0.25) is 0 Å². The van der Waals surface area contributed by atoms with E-state index in [0.29, 0.717) is 73.5 Å². The van der Waals surface area contributed by atoms with Crippen LogP contribution in [-0.2, 0) is 22.7 Å². The summed E-state index contributed by atoms with van der Waals surface area (Å²) in [6.45, 7) is 4.28. The van der Waals surface area contributed by atoms with Gasteiger partial charge >= 0.3 is 0 Å². The van der Waals surface area contributed by atoms with Crippen LogP contribution in [0.4, 0.5) is 0 Å². The Labute approximate surface area is 255 Å². The van der Waals surface area contributed by atoms with E-state index in [4.69, 9.17) is 18.9 Å². The van der Waals surface area contributed by atoms with Crippen molar-refractivity contribution in [2.45, 2.75) is 32.5 Å². The summed E-state index contributed by atoms with van der Waals surface area (Å²) < 4.78 is 25.3. The number of hydrogen-bond acceptors (Lipinski definition) is 8. The Bertz CT molecular complexity index is 1670. The van der Waals surface area contributed by atoms with Crippen LogP contribution < -0.4 is 18.9 Å². The summed E-state index contributed by atoms with van der Waals surface area (Å²) in [5, 5.41) is 11.6. The van der Waals surface area contributed by atoms with Crippen LogP contribution in [0.25, 0.3) is 5.76 Å². The molecule has 4 aromatic rings. The molecule has 1 N–H and O–H groups in total. The fourth-order valence-electron chi connectivity index (χ4n) is 5.46. The highest BCUT2D eigenvalue weighted by Crippen LogP contribution is 2.43. The number of carbonyl (C=O) groups excluding carboxylic acids is 2. The predicted octanol–water partition coefficient (Wildman–Crippen LogP) is 5.14. The number of fused-ring (bicyclic) bond motifs is 1. The third kappa shape index (κ3) is 5.96. The molecular weight excluding hydrogens is 562 g/mol. The molecule has 10 heteroatoms. The van der Waals surface area contributed by atoms with Crippen molar-refractivity contribution < 1.29 is 33.6 Å². The summed E-state index contributed by atoms with van der Waals surface area (Å²) in [7, 11) is 0. The van der Waals surface area contributed by atoms with Crippen molar-refractivity contribution in [2.24, 2.45) is 0 Å². The summed E-state index contributed by atoms with van der Waals surface area (Å²) >= 11 is 0. The van der Waals surface area contributed by atoms with Gasteiger partial charge in [0, 0.05) is 31.0 Å². The Kier molecular flexibility index (Phi) is 8.49. The first-order valence-corrected chi connectivity index (χ1v) is 14.6. The number of aliphatic hydroxyl groups is 1. The average molecular weight is 596 g/mol. The van der Waals surface area contributed by atoms with Gasteiger partial charge in [-0.3, -0.25) is 9.59 Å². The maximum absolute atomic E-state index is 13.6. The normalized spacial score (nSPS) is 17.1. The highest BCUT2D eigenvalue weighted by molar-refractivity contribution is 6.46. The standard InChI is InChI=1S/C34H33N3O7/c1-2-41-28-19-24(9-11-27(28)44-21-23-7-4-3-5-8-23)31-30(32(38)25-10-12-26-29(20-25)43-18-17-42-26)33(39)34(40)37(31)15-6-14-36-16-13-35-22-36/h3-5,7-13,16,19-20,22,31,38H,2,6,14-15,17-18,21H2,1H3/t31-/m0/s1. The number of ketones is 1. The molecule has 3 heterocycles. The summed E-state index contributed by atoms with van der Waals surface area (Å²) in [6, 6.07) is 19.3. The quantitative estimate of drug-likeness (QED) is 0.144. The van der Waals surface area contributed by atoms with E-state index < -0.39 is 17.7 Å². The number of likely N-dealkylation sites (tertiary alicyclic amines) is 1. The van der Waals surface area contributed by atoms with Crippen LogP contribution in [0.2, 0.25) is 0 Å². The van der Waals surface area contributed by atoms with E-state index in [0.717, 1.165) is 5.56 Å². The number of amides is 1. The van der Waals surface area contributed by atoms with Crippen molar-refractivity contribution in [1.29, 1.82) is 0 Å². The van der Waals surface area contributed by atoms with Gasteiger partial charge in [0.25, 0.3) is 11.7 Å². The molecule has 44 heavy (non-hydrogen) atoms. The van der Waals surface area contributed by atoms with E-state index in [1.165, 1.54) is 4.90 Å². The first-order chi connectivity index (χ1) is 21.5. The lowest BCUT2D eigenvalue weighted by Gasteiger charge is -2.26. The smallest absolute Gasteiger partial charge is 0.295 e. The van der Waals surface area contributed by atoms with Crippen LogP contribution in [-0.4, -0.2) is 57.6 Å². The minimum absolute atomic E-state index is 0.00490. The predicted molar refractivity (Wildman–Crippen MR) is 162 cm³/mol. The third-order valence-electron chi connectivity index (χ3n) is 7.55. The maximum atomic E-state index is 13.6. The lowest BCUT2D eigenvalue weighted by Crippen LogP contribution is -2.31. The molecule has 1 fully saturated rings. The SMILES string of the molecule is CCOc1cc([C@H]2C(=C(O)c3ccc4c(c3)OCCO4)C(=O)C(=O)N2CCCn2ccnc2)ccc1OCc1ccccc1. The third-order valence-corrected chi connectivity index (χ3v) is 7.55. The molecule has 0 radical (unpaired) electrons. The van der Waals surface area contributed by atoms with Crippen LogP contribution in [0.15, 0.2) is 91.0 Å². The Balaban J connectivity index is 1.37. The largest absolute Gasteiger partial charge is 0.507 e. The number of Topliss-reactive ketones (excluding diaryl/α,β-unsaturated/α-hetero) is 1. The number of aliphatic hydroxyl groups excluding tert-OH is 1. The molecule has 1 atom stereocenters. The van der Waals surface area contributed by atoms with Gasteiger partial charge in [0.15, 0.2) is 23.0 Å². The topological polar surface area (TPSA) is 112 Å². The fourth-order valence-corrected chi connectivity index (χ4v) is 5.46. The highest BCUT2D eigenvalue weighted by atomic mass is 16.6. The second-order valence-electron chi connectivity index (χ2n) is 10.4. The van der Waals surface area contributed by atoms with Crippen molar-refractivity contribution >= 4 is 17.4 Å². The first-order valence-electron chi connectivity index (χ1n) is 14.6. The Morgan fingerprint density at radius 1 is 0.955 bits per heavy atom. The molecule has 10 nitrogen and oxygen atoms in total. The first kappa shape index (κ1) is 28.9. The number of carbonyl (C=O) groups is 2. The molecule has 2 aliphatic heterocycles. The zero-order chi connectivity index (χ0) is 30.5. The molecule has 2 aliphatic rings. The molecular formula is C34H33N3O7. The second-order valence-corrected chi connectivity index (χ2v) is 10.4. The number of aromatic nitrogens is 2. The minimum atomic E-state index is -0.853. The summed E-state index contributed by atoms with van der Waals surface area (Å²) in [4.78, 5) is 32.7. The van der Waals surface area contributed by atoms with Gasteiger partial charge in [-0.1, -0.05) is 36.4 Å². The second kappa shape index (κ2) is 12.9. The van der Waals surface area contributed by atoms with E-state index in [1.54, 1.807) is 48.9 Å². The molecule has 0 aliphatic carbocycles. The van der Waals surface area contributed by atoms with Crippen molar-refractivity contribution in [3.8, 4) is 23.0 Å². The Hall–Kier alpha value is -5.25. The van der Waals surface area contributed by atoms with Gasteiger partial charge in [0.05, 0.1) is 24.5 Å². The zero-order valence-corrected chi connectivity index (χ0v) is 24.3. The van der Waals surface area contributed by atoms with E-state index in [9.17, 15) is 14.7 Å². The van der Waals surface area contributed by atoms with Crippen LogP contribution in [0, 0.1) is 0 Å². The zero-order valence-electron chi connectivity index (χ0n) is 24.3. The molecule has 0 saturated carbocycles. The number of nitrogens with zero attached hydrogens (tertiary/aromatic N) is 3. The molecule has 226 valence electrons. The fraction of sp³-hybridized carbons (Fsp3) is 0.265. The molecule has 6 rings (SSSR count). The van der Waals surface area contributed by atoms with Gasteiger partial charge in [-0.25, -0.2) is 4.98 Å². The maximum Gasteiger partial charge on any atom is 0.295 e. The number of hydrogen-bond donors (Lipinski definition) is 1. The number of imidazole rings is 1. The molecule has 0 spiro atoms. The lowest BCUT2D eigenvalue weighted by molar-refractivity contribution is -0.139. The van der Waals surface area contributed by atoms with Crippen molar-refractivity contribution in [3.63, 3.8) is 0 Å². The van der Waals surface area contributed by atoms with Gasteiger partial charge in [-0.15, -0.1) is 0 Å². The molecule has 1 amide bonds. The summed E-state index contributed by atoms with van der Waals surface area (Å²) in [5.41, 5.74) is 1.96. The minimum Gasteiger partial charge on any atom is -0.507 e. The molecule has 1 saturated heterocycles. The Morgan fingerprint density at radius 2 is 1.77 bits per heavy atom. The van der Waals surface area contributed by atoms with Gasteiger partial charge in [0.1, 0.15) is 25.6 Å². The van der Waals surface area contributed by atoms with Crippen molar-refractivity contribution in [2.75, 3.05) is 26.4 Å². The van der Waals surface area contributed by atoms with Gasteiger partial charge in [-0.2, -0.15) is 0 Å². The number of benzene rings is 3. The monoisotopic (exact) mass is 595 g/mol. The van der Waals surface area contributed by atoms with Crippen LogP contribution in [0.5, 0.6) is 23.0 Å². The van der Waals surface area contributed by atoms with Crippen LogP contribution in [0.3, 0.4) is 0 Å². The van der Waals surface area contributed by atoms with E-state index >= 15 is 0 Å². The number of ether oxygens (including phenoxy) is 4. The summed E-state index contributed by atoms with van der Waals surface area (Å²) in [6.07, 6.45) is 5.81. The average Bonchev–Trinajstić information content (AvgIpc) is 3.66. The molecule has 3 aromatic carbocycles. The van der Waals surface area contributed by atoms with E-state index in [1.807, 2.05) is 48.0 Å². The number of rotatable bonds is 11. The van der Waals surface area contributed by atoms with E-state index in [2.05, 4.69) is 4.98 Å². The van der Waals surface area contributed by atoms with E-state index in [-0.39, 0.29) is 17.9 Å². The van der Waals surface area contributed by atoms with Crippen molar-refractivity contribution in [3.05, 3.63) is 108 Å². The van der Waals surface area contributed by atoms with Gasteiger partial charge < -0.3 is 33.5 Å². The summed E-state index contributed by atoms with van der Waals surface area (Å²) in [5.74, 6) is 0.300. The van der Waals surface area contributed by atoms with Crippen LogP contribution in [0.1, 0.15) is 36.1 Å². The van der Waals surface area contributed by atoms with Gasteiger partial charge in [-0.05, 0) is 54.8 Å². The van der Waals surface area contributed by atoms with Crippen molar-refractivity contribution in [1.82, 2.24) is 14.5 Å². The molecule has 0 unspecified atom stereocenters. The highest BCUT2D eigenvalue weighted by Gasteiger charge is 2.46. The van der Waals surface area contributed by atoms with Crippen LogP contribution >= 0.6 is 0 Å².